The highest BCUT2D eigenvalue weighted by Crippen LogP contribution is 2.17. The number of unbranched alkanes of at least 4 members (excludes halogenated alkanes) is 18. The zero-order valence-corrected chi connectivity index (χ0v) is 26.7. The molecule has 1 atom stereocenters. The van der Waals surface area contributed by atoms with Crippen LogP contribution in [0.1, 0.15) is 187 Å². The highest BCUT2D eigenvalue weighted by Gasteiger charge is 2.13. The number of hydrogen-bond donors (Lipinski definition) is 1. The van der Waals surface area contributed by atoms with E-state index in [2.05, 4.69) is 38.2 Å². The van der Waals surface area contributed by atoms with Crippen LogP contribution in [0.5, 0.6) is 0 Å². The molecule has 234 valence electrons. The third-order valence-electron chi connectivity index (χ3n) is 7.68. The van der Waals surface area contributed by atoms with Gasteiger partial charge in [0.05, 0.1) is 0 Å². The predicted molar refractivity (Wildman–Crippen MR) is 172 cm³/mol. The molecule has 0 heterocycles. The van der Waals surface area contributed by atoms with Crippen LogP contribution in [0.15, 0.2) is 24.3 Å². The molecule has 4 nitrogen and oxygen atoms in total. The first kappa shape index (κ1) is 38.4. The van der Waals surface area contributed by atoms with Gasteiger partial charge in [-0.1, -0.05) is 134 Å². The molecule has 0 aliphatic carbocycles. The molecule has 0 aromatic rings. The zero-order chi connectivity index (χ0) is 29.4. The van der Waals surface area contributed by atoms with Crippen LogP contribution >= 0.6 is 0 Å². The van der Waals surface area contributed by atoms with E-state index in [0.717, 1.165) is 70.6 Å². The Morgan fingerprint density at radius 3 is 1.55 bits per heavy atom. The summed E-state index contributed by atoms with van der Waals surface area (Å²) in [4.78, 5) is 22.9. The molecular formula is C36H66O4. The molecule has 0 aliphatic heterocycles. The number of carbonyl (C=O) groups is 2. The number of carboxylic acids is 1. The van der Waals surface area contributed by atoms with Crippen LogP contribution in [-0.2, 0) is 14.3 Å². The van der Waals surface area contributed by atoms with Crippen molar-refractivity contribution < 1.29 is 19.4 Å². The molecular weight excluding hydrogens is 496 g/mol. The van der Waals surface area contributed by atoms with Crippen molar-refractivity contribution in [3.63, 3.8) is 0 Å². The van der Waals surface area contributed by atoms with Gasteiger partial charge in [0.2, 0.25) is 0 Å². The Labute approximate surface area is 248 Å². The Hall–Kier alpha value is -1.58. The fourth-order valence-electron chi connectivity index (χ4n) is 5.08. The highest BCUT2D eigenvalue weighted by molar-refractivity contribution is 5.69. The van der Waals surface area contributed by atoms with E-state index in [9.17, 15) is 9.59 Å². The van der Waals surface area contributed by atoms with E-state index in [1.54, 1.807) is 0 Å². The summed E-state index contributed by atoms with van der Waals surface area (Å²) in [6.45, 7) is 4.45. The summed E-state index contributed by atoms with van der Waals surface area (Å²) in [6.07, 6.45) is 39.4. The van der Waals surface area contributed by atoms with Crippen molar-refractivity contribution in [2.75, 3.05) is 0 Å². The van der Waals surface area contributed by atoms with E-state index in [1.165, 1.54) is 89.9 Å². The molecule has 0 spiro atoms. The van der Waals surface area contributed by atoms with Gasteiger partial charge in [-0.25, -0.2) is 0 Å². The first-order valence-corrected chi connectivity index (χ1v) is 17.3. The lowest BCUT2D eigenvalue weighted by molar-refractivity contribution is -0.150. The van der Waals surface area contributed by atoms with Crippen LogP contribution in [0.4, 0.5) is 0 Å². The summed E-state index contributed by atoms with van der Waals surface area (Å²) in [5.74, 6) is -0.680. The van der Waals surface area contributed by atoms with Gasteiger partial charge < -0.3 is 9.84 Å². The van der Waals surface area contributed by atoms with E-state index >= 15 is 0 Å². The number of hydrogen-bond acceptors (Lipinski definition) is 3. The van der Waals surface area contributed by atoms with Gasteiger partial charge in [-0.2, -0.15) is 0 Å². The lowest BCUT2D eigenvalue weighted by atomic mass is 10.0. The maximum atomic E-state index is 12.4. The molecule has 0 fully saturated rings. The maximum absolute atomic E-state index is 12.4. The summed E-state index contributed by atoms with van der Waals surface area (Å²) < 4.78 is 5.88. The number of esters is 1. The molecule has 0 rings (SSSR count). The van der Waals surface area contributed by atoms with E-state index in [4.69, 9.17) is 9.84 Å². The van der Waals surface area contributed by atoms with Gasteiger partial charge in [-0.15, -0.1) is 0 Å². The molecule has 0 bridgehead atoms. The van der Waals surface area contributed by atoms with Crippen LogP contribution in [0.25, 0.3) is 0 Å². The lowest BCUT2D eigenvalue weighted by Crippen LogP contribution is -2.18. The summed E-state index contributed by atoms with van der Waals surface area (Å²) >= 11 is 0. The molecule has 0 aromatic carbocycles. The van der Waals surface area contributed by atoms with Crippen LogP contribution in [0.3, 0.4) is 0 Å². The number of carbonyl (C=O) groups excluding carboxylic acids is 1. The molecule has 0 radical (unpaired) electrons. The van der Waals surface area contributed by atoms with Crippen LogP contribution < -0.4 is 0 Å². The van der Waals surface area contributed by atoms with Crippen molar-refractivity contribution in [1.82, 2.24) is 0 Å². The minimum absolute atomic E-state index is 0.00468. The van der Waals surface area contributed by atoms with Gasteiger partial charge in [0.1, 0.15) is 6.10 Å². The molecule has 1 unspecified atom stereocenters. The van der Waals surface area contributed by atoms with Gasteiger partial charge >= 0.3 is 11.9 Å². The smallest absolute Gasteiger partial charge is 0.306 e. The first-order chi connectivity index (χ1) is 19.6. The monoisotopic (exact) mass is 562 g/mol. The largest absolute Gasteiger partial charge is 0.481 e. The lowest BCUT2D eigenvalue weighted by Gasteiger charge is -2.18. The molecule has 1 N–H and O–H groups in total. The van der Waals surface area contributed by atoms with E-state index in [-0.39, 0.29) is 12.1 Å². The SMILES string of the molecule is CCCCC/C=C\C/C=C\CCCCCCCCCC(=O)OC(CCCC)CCCCCCCCCCC(=O)O. The second-order valence-corrected chi connectivity index (χ2v) is 11.7. The molecule has 0 saturated carbocycles. The minimum atomic E-state index is -0.685. The van der Waals surface area contributed by atoms with Crippen LogP contribution in [0.2, 0.25) is 0 Å². The Morgan fingerprint density at radius 1 is 0.550 bits per heavy atom. The Bertz CT molecular complexity index is 610. The Kier molecular flexibility index (Phi) is 30.7. The molecule has 0 amide bonds. The molecule has 40 heavy (non-hydrogen) atoms. The van der Waals surface area contributed by atoms with Gasteiger partial charge in [-0.05, 0) is 64.2 Å². The number of allylic oxidation sites excluding steroid dienone is 4. The Morgan fingerprint density at radius 2 is 1.00 bits per heavy atom. The summed E-state index contributed by atoms with van der Waals surface area (Å²) in [5, 5.41) is 8.68. The number of ether oxygens (including phenoxy) is 1. The summed E-state index contributed by atoms with van der Waals surface area (Å²) in [6, 6.07) is 0. The number of aliphatic carboxylic acids is 1. The van der Waals surface area contributed by atoms with Crippen molar-refractivity contribution in [2.24, 2.45) is 0 Å². The van der Waals surface area contributed by atoms with Crippen molar-refractivity contribution in [3.8, 4) is 0 Å². The standard InChI is InChI=1S/C36H66O4/c1-3-5-7-8-9-10-11-12-13-14-15-16-17-18-23-26-29-33-36(39)40-34(30-6-4-2)31-27-24-21-19-20-22-25-28-32-35(37)38/h9-10,12-13,34H,3-8,11,14-33H2,1-2H3,(H,37,38)/b10-9-,13-12-. The maximum Gasteiger partial charge on any atom is 0.306 e. The molecule has 0 aromatic heterocycles. The van der Waals surface area contributed by atoms with Crippen molar-refractivity contribution in [1.29, 1.82) is 0 Å². The highest BCUT2D eigenvalue weighted by atomic mass is 16.5. The van der Waals surface area contributed by atoms with E-state index < -0.39 is 5.97 Å². The average molecular weight is 563 g/mol. The topological polar surface area (TPSA) is 63.6 Å². The summed E-state index contributed by atoms with van der Waals surface area (Å²) in [7, 11) is 0. The Balaban J connectivity index is 3.67. The van der Waals surface area contributed by atoms with Crippen molar-refractivity contribution in [2.45, 2.75) is 193 Å². The number of carboxylic acid groups (broad SMARTS) is 1. The third-order valence-corrected chi connectivity index (χ3v) is 7.68. The molecule has 4 heteroatoms. The number of rotatable bonds is 31. The van der Waals surface area contributed by atoms with E-state index in [0.29, 0.717) is 12.8 Å². The predicted octanol–water partition coefficient (Wildman–Crippen LogP) is 11.7. The van der Waals surface area contributed by atoms with Crippen molar-refractivity contribution in [3.05, 3.63) is 24.3 Å². The second-order valence-electron chi connectivity index (χ2n) is 11.7. The van der Waals surface area contributed by atoms with Gasteiger partial charge in [-0.3, -0.25) is 9.59 Å². The third kappa shape index (κ3) is 31.0. The van der Waals surface area contributed by atoms with Gasteiger partial charge in [0.25, 0.3) is 0 Å². The average Bonchev–Trinajstić information content (AvgIpc) is 2.94. The normalized spacial score (nSPS) is 12.4. The molecule has 0 aliphatic rings. The van der Waals surface area contributed by atoms with E-state index in [1.807, 2.05) is 0 Å². The van der Waals surface area contributed by atoms with Crippen molar-refractivity contribution >= 4 is 11.9 Å². The first-order valence-electron chi connectivity index (χ1n) is 17.3. The fraction of sp³-hybridized carbons (Fsp3) is 0.833. The van der Waals surface area contributed by atoms with Gasteiger partial charge in [0, 0.05) is 12.8 Å². The quantitative estimate of drug-likeness (QED) is 0.0518. The fourth-order valence-corrected chi connectivity index (χ4v) is 5.08. The summed E-state index contributed by atoms with van der Waals surface area (Å²) in [5.41, 5.74) is 0. The van der Waals surface area contributed by atoms with Crippen LogP contribution in [0, 0.1) is 0 Å². The molecule has 0 saturated heterocycles. The van der Waals surface area contributed by atoms with Crippen LogP contribution in [-0.4, -0.2) is 23.1 Å². The second kappa shape index (κ2) is 31.9. The van der Waals surface area contributed by atoms with Gasteiger partial charge in [0.15, 0.2) is 0 Å². The minimum Gasteiger partial charge on any atom is -0.481 e. The zero-order valence-electron chi connectivity index (χ0n) is 26.7.